The maximum absolute atomic E-state index is 11.3. The highest BCUT2D eigenvalue weighted by atomic mass is 35.5. The maximum Gasteiger partial charge on any atom is 0.348 e. The van der Waals surface area contributed by atoms with Gasteiger partial charge >= 0.3 is 5.97 Å². The Morgan fingerprint density at radius 2 is 2.31 bits per heavy atom. The topological polar surface area (TPSA) is 52.1 Å². The zero-order chi connectivity index (χ0) is 11.5. The van der Waals surface area contributed by atoms with Gasteiger partial charge in [0.2, 0.25) is 0 Å². The molecule has 0 fully saturated rings. The van der Waals surface area contributed by atoms with E-state index in [0.29, 0.717) is 10.0 Å². The Morgan fingerprint density at radius 3 is 3.00 bits per heavy atom. The average Bonchev–Trinajstić information content (AvgIpc) is 2.77. The predicted octanol–water partition coefficient (Wildman–Crippen LogP) is 2.65. The van der Waals surface area contributed by atoms with Crippen molar-refractivity contribution < 1.29 is 9.53 Å². The fourth-order valence-corrected chi connectivity index (χ4v) is 2.25. The SMILES string of the molecule is COC(=O)c1ccc(-c2cnnc(Cl)c2)s1. The van der Waals surface area contributed by atoms with Gasteiger partial charge in [0.1, 0.15) is 4.88 Å². The van der Waals surface area contributed by atoms with E-state index in [1.807, 2.05) is 6.07 Å². The molecule has 2 rings (SSSR count). The van der Waals surface area contributed by atoms with Crippen LogP contribution >= 0.6 is 22.9 Å². The van der Waals surface area contributed by atoms with Gasteiger partial charge in [-0.25, -0.2) is 4.79 Å². The molecule has 6 heteroatoms. The van der Waals surface area contributed by atoms with E-state index >= 15 is 0 Å². The van der Waals surface area contributed by atoms with Gasteiger partial charge in [-0.3, -0.25) is 0 Å². The lowest BCUT2D eigenvalue weighted by Crippen LogP contribution is -1.96. The molecule has 82 valence electrons. The van der Waals surface area contributed by atoms with Crippen molar-refractivity contribution in [3.63, 3.8) is 0 Å². The lowest BCUT2D eigenvalue weighted by atomic mass is 10.2. The van der Waals surface area contributed by atoms with Gasteiger partial charge in [-0.1, -0.05) is 11.6 Å². The average molecular weight is 255 g/mol. The van der Waals surface area contributed by atoms with Crippen molar-refractivity contribution in [3.8, 4) is 10.4 Å². The molecule has 0 aliphatic rings. The van der Waals surface area contributed by atoms with Crippen LogP contribution in [0, 0.1) is 0 Å². The molecule has 0 bridgehead atoms. The molecule has 0 saturated heterocycles. The number of carbonyl (C=O) groups is 1. The Hall–Kier alpha value is -1.46. The number of hydrogen-bond donors (Lipinski definition) is 0. The number of ether oxygens (including phenoxy) is 1. The van der Waals surface area contributed by atoms with Crippen LogP contribution in [0.3, 0.4) is 0 Å². The summed E-state index contributed by atoms with van der Waals surface area (Å²) in [6.07, 6.45) is 1.60. The van der Waals surface area contributed by atoms with E-state index in [0.717, 1.165) is 10.4 Å². The molecule has 2 aromatic rings. The molecule has 0 amide bonds. The number of aromatic nitrogens is 2. The molecule has 0 radical (unpaired) electrons. The number of rotatable bonds is 2. The highest BCUT2D eigenvalue weighted by Gasteiger charge is 2.10. The molecule has 0 spiro atoms. The number of nitrogens with zero attached hydrogens (tertiary/aromatic N) is 2. The summed E-state index contributed by atoms with van der Waals surface area (Å²) in [5.41, 5.74) is 0.833. The molecule has 4 nitrogen and oxygen atoms in total. The minimum absolute atomic E-state index is 0.325. The molecule has 0 atom stereocenters. The van der Waals surface area contributed by atoms with Gasteiger partial charge in [0.25, 0.3) is 0 Å². The van der Waals surface area contributed by atoms with Gasteiger partial charge in [-0.15, -0.1) is 16.4 Å². The first-order valence-electron chi connectivity index (χ1n) is 4.37. The summed E-state index contributed by atoms with van der Waals surface area (Å²) < 4.78 is 4.63. The minimum Gasteiger partial charge on any atom is -0.465 e. The van der Waals surface area contributed by atoms with E-state index in [1.165, 1.54) is 18.4 Å². The molecular weight excluding hydrogens is 248 g/mol. The summed E-state index contributed by atoms with van der Waals surface area (Å²) in [4.78, 5) is 12.7. The van der Waals surface area contributed by atoms with Crippen molar-refractivity contribution in [2.75, 3.05) is 7.11 Å². The first-order chi connectivity index (χ1) is 7.70. The van der Waals surface area contributed by atoms with Crippen molar-refractivity contribution in [1.82, 2.24) is 10.2 Å². The number of hydrogen-bond acceptors (Lipinski definition) is 5. The fraction of sp³-hybridized carbons (Fsp3) is 0.100. The first kappa shape index (κ1) is 11.0. The largest absolute Gasteiger partial charge is 0.465 e. The highest BCUT2D eigenvalue weighted by Crippen LogP contribution is 2.28. The molecule has 0 aliphatic heterocycles. The lowest BCUT2D eigenvalue weighted by Gasteiger charge is -1.95. The Morgan fingerprint density at radius 1 is 1.50 bits per heavy atom. The van der Waals surface area contributed by atoms with E-state index in [2.05, 4.69) is 14.9 Å². The van der Waals surface area contributed by atoms with E-state index in [9.17, 15) is 4.79 Å². The van der Waals surface area contributed by atoms with Gasteiger partial charge in [-0.05, 0) is 18.2 Å². The smallest absolute Gasteiger partial charge is 0.348 e. The summed E-state index contributed by atoms with van der Waals surface area (Å²) in [5.74, 6) is -0.343. The summed E-state index contributed by atoms with van der Waals surface area (Å²) in [7, 11) is 1.35. The van der Waals surface area contributed by atoms with Crippen LogP contribution in [0.1, 0.15) is 9.67 Å². The second-order valence-electron chi connectivity index (χ2n) is 2.92. The predicted molar refractivity (Wildman–Crippen MR) is 61.7 cm³/mol. The zero-order valence-corrected chi connectivity index (χ0v) is 9.88. The quantitative estimate of drug-likeness (QED) is 0.773. The third kappa shape index (κ3) is 2.20. The molecule has 16 heavy (non-hydrogen) atoms. The fourth-order valence-electron chi connectivity index (χ4n) is 1.18. The van der Waals surface area contributed by atoms with Crippen molar-refractivity contribution in [1.29, 1.82) is 0 Å². The molecule has 0 aliphatic carbocycles. The van der Waals surface area contributed by atoms with Crippen LogP contribution in [-0.2, 0) is 4.74 Å². The molecule has 2 aromatic heterocycles. The summed E-state index contributed by atoms with van der Waals surface area (Å²) in [6.45, 7) is 0. The van der Waals surface area contributed by atoms with Crippen LogP contribution in [0.25, 0.3) is 10.4 Å². The highest BCUT2D eigenvalue weighted by molar-refractivity contribution is 7.17. The summed E-state index contributed by atoms with van der Waals surface area (Å²) >= 11 is 7.06. The van der Waals surface area contributed by atoms with E-state index < -0.39 is 0 Å². The lowest BCUT2D eigenvalue weighted by molar-refractivity contribution is 0.0606. The van der Waals surface area contributed by atoms with E-state index in [-0.39, 0.29) is 5.97 Å². The second-order valence-corrected chi connectivity index (χ2v) is 4.39. The van der Waals surface area contributed by atoms with Gasteiger partial charge in [-0.2, -0.15) is 5.10 Å². The van der Waals surface area contributed by atoms with E-state index in [1.54, 1.807) is 18.3 Å². The zero-order valence-electron chi connectivity index (χ0n) is 8.31. The maximum atomic E-state index is 11.3. The van der Waals surface area contributed by atoms with Gasteiger partial charge in [0, 0.05) is 10.4 Å². The van der Waals surface area contributed by atoms with Crippen LogP contribution in [0.4, 0.5) is 0 Å². The summed E-state index contributed by atoms with van der Waals surface area (Å²) in [6, 6.07) is 5.23. The van der Waals surface area contributed by atoms with Gasteiger partial charge < -0.3 is 4.74 Å². The number of carbonyl (C=O) groups excluding carboxylic acids is 1. The third-order valence-corrected chi connectivity index (χ3v) is 3.20. The molecule has 0 unspecified atom stereocenters. The van der Waals surface area contributed by atoms with Crippen molar-refractivity contribution in [3.05, 3.63) is 34.4 Å². The van der Waals surface area contributed by atoms with Crippen molar-refractivity contribution >= 4 is 28.9 Å². The standard InChI is InChI=1S/C10H7ClN2O2S/c1-15-10(14)8-3-2-7(16-8)6-4-9(11)13-12-5-6/h2-5H,1H3. The minimum atomic E-state index is -0.343. The third-order valence-electron chi connectivity index (χ3n) is 1.90. The Balaban J connectivity index is 2.35. The van der Waals surface area contributed by atoms with Crippen LogP contribution in [0.5, 0.6) is 0 Å². The molecule has 0 N–H and O–H groups in total. The van der Waals surface area contributed by atoms with Crippen LogP contribution in [-0.4, -0.2) is 23.3 Å². The van der Waals surface area contributed by atoms with E-state index in [4.69, 9.17) is 11.6 Å². The molecular formula is C10H7ClN2O2S. The molecule has 2 heterocycles. The monoisotopic (exact) mass is 254 g/mol. The normalized spacial score (nSPS) is 10.1. The Kier molecular flexibility index (Phi) is 3.17. The number of halogens is 1. The number of esters is 1. The number of methoxy groups -OCH3 is 1. The number of thiophene rings is 1. The molecule has 0 saturated carbocycles. The Labute approximate surface area is 101 Å². The summed E-state index contributed by atoms with van der Waals surface area (Å²) in [5, 5.41) is 7.72. The first-order valence-corrected chi connectivity index (χ1v) is 5.57. The van der Waals surface area contributed by atoms with Gasteiger partial charge in [0.05, 0.1) is 13.3 Å². The van der Waals surface area contributed by atoms with Crippen molar-refractivity contribution in [2.24, 2.45) is 0 Å². The Bertz CT molecular complexity index is 527. The van der Waals surface area contributed by atoms with Crippen LogP contribution in [0.15, 0.2) is 24.4 Å². The van der Waals surface area contributed by atoms with Crippen molar-refractivity contribution in [2.45, 2.75) is 0 Å². The second kappa shape index (κ2) is 4.59. The van der Waals surface area contributed by atoms with Gasteiger partial charge in [0.15, 0.2) is 5.15 Å². The van der Waals surface area contributed by atoms with Crippen LogP contribution in [0.2, 0.25) is 5.15 Å². The van der Waals surface area contributed by atoms with Crippen LogP contribution < -0.4 is 0 Å². The molecule has 0 aromatic carbocycles.